The van der Waals surface area contributed by atoms with Gasteiger partial charge in [0.25, 0.3) is 0 Å². The number of aromatic nitrogens is 2. The van der Waals surface area contributed by atoms with Crippen molar-refractivity contribution in [1.82, 2.24) is 9.97 Å². The smallest absolute Gasteiger partial charge is 0.160 e. The van der Waals surface area contributed by atoms with E-state index in [4.69, 9.17) is 14.4 Å². The molecule has 0 aliphatic rings. The quantitative estimate of drug-likeness (QED) is 0.171. The SMILES string of the molecule is c1ccc(-c2nc(-c3cc(-c4ccc5oc6ccccc6c5c4)cc(-c4cccc5ccccc45)c3)cc(-c3ccccc3-c3ccc4ccccc4c3)n2)cc1. The van der Waals surface area contributed by atoms with Crippen LogP contribution in [0.2, 0.25) is 0 Å². The van der Waals surface area contributed by atoms with E-state index in [1.165, 1.54) is 27.1 Å². The van der Waals surface area contributed by atoms with Crippen LogP contribution in [0.15, 0.2) is 211 Å². The molecule has 266 valence electrons. The van der Waals surface area contributed by atoms with Crippen LogP contribution in [0.3, 0.4) is 0 Å². The van der Waals surface area contributed by atoms with Gasteiger partial charge in [0.15, 0.2) is 5.82 Å². The van der Waals surface area contributed by atoms with E-state index >= 15 is 0 Å². The standard InChI is InChI=1S/C54H34N2O/c1-2-15-37(16-3-1)54-55-50(34-51(56-54)47-21-9-8-20-45(47)40-26-25-35-13-4-5-17-38(35)29-40)43-31-41(30-42(32-43)46-23-12-18-36-14-6-7-19-44(36)46)39-27-28-53-49(33-39)48-22-10-11-24-52(48)57-53/h1-34H. The van der Waals surface area contributed by atoms with Crippen LogP contribution in [-0.2, 0) is 0 Å². The van der Waals surface area contributed by atoms with Crippen molar-refractivity contribution in [2.45, 2.75) is 0 Å². The van der Waals surface area contributed by atoms with Crippen LogP contribution in [0.4, 0.5) is 0 Å². The molecule has 0 aliphatic carbocycles. The minimum atomic E-state index is 0.680. The predicted octanol–water partition coefficient (Wildman–Crippen LogP) is 14.7. The van der Waals surface area contributed by atoms with Gasteiger partial charge < -0.3 is 4.42 Å². The van der Waals surface area contributed by atoms with Crippen molar-refractivity contribution in [3.8, 4) is 67.3 Å². The molecular formula is C54H34N2O. The first-order valence-electron chi connectivity index (χ1n) is 19.3. The van der Waals surface area contributed by atoms with Crippen molar-refractivity contribution in [3.05, 3.63) is 206 Å². The van der Waals surface area contributed by atoms with Crippen LogP contribution in [-0.4, -0.2) is 9.97 Å². The summed E-state index contributed by atoms with van der Waals surface area (Å²) < 4.78 is 6.23. The molecule has 9 aromatic carbocycles. The van der Waals surface area contributed by atoms with Gasteiger partial charge in [-0.05, 0) is 103 Å². The molecule has 0 saturated carbocycles. The average molecular weight is 727 g/mol. The monoisotopic (exact) mass is 726 g/mol. The van der Waals surface area contributed by atoms with Crippen LogP contribution in [0.25, 0.3) is 111 Å². The molecule has 11 aromatic rings. The number of benzene rings is 9. The van der Waals surface area contributed by atoms with Gasteiger partial charge in [0, 0.05) is 27.5 Å². The van der Waals surface area contributed by atoms with E-state index in [0.717, 1.165) is 77.8 Å². The molecule has 0 spiro atoms. The summed E-state index contributed by atoms with van der Waals surface area (Å²) in [4.78, 5) is 10.6. The molecule has 0 unspecified atom stereocenters. The molecule has 0 amide bonds. The number of hydrogen-bond donors (Lipinski definition) is 0. The summed E-state index contributed by atoms with van der Waals surface area (Å²) in [5.74, 6) is 0.680. The lowest BCUT2D eigenvalue weighted by Crippen LogP contribution is -1.97. The maximum Gasteiger partial charge on any atom is 0.160 e. The number of para-hydroxylation sites is 1. The summed E-state index contributed by atoms with van der Waals surface area (Å²) in [6.45, 7) is 0. The highest BCUT2D eigenvalue weighted by Crippen LogP contribution is 2.40. The Hall–Kier alpha value is -7.62. The van der Waals surface area contributed by atoms with Crippen LogP contribution in [0.1, 0.15) is 0 Å². The average Bonchev–Trinajstić information content (AvgIpc) is 3.67. The van der Waals surface area contributed by atoms with Gasteiger partial charge in [-0.1, -0.05) is 158 Å². The Labute approximate surface area is 330 Å². The molecule has 3 heteroatoms. The Kier molecular flexibility index (Phi) is 7.82. The first-order chi connectivity index (χ1) is 28.2. The number of nitrogens with zero attached hydrogens (tertiary/aromatic N) is 2. The van der Waals surface area contributed by atoms with Crippen molar-refractivity contribution in [1.29, 1.82) is 0 Å². The van der Waals surface area contributed by atoms with Crippen molar-refractivity contribution >= 4 is 43.5 Å². The molecule has 2 aromatic heterocycles. The Morgan fingerprint density at radius 2 is 0.912 bits per heavy atom. The second-order valence-corrected chi connectivity index (χ2v) is 14.6. The minimum Gasteiger partial charge on any atom is -0.456 e. The minimum absolute atomic E-state index is 0.680. The molecule has 57 heavy (non-hydrogen) atoms. The molecule has 3 nitrogen and oxygen atoms in total. The molecule has 0 aliphatic heterocycles. The predicted molar refractivity (Wildman–Crippen MR) is 237 cm³/mol. The summed E-state index contributed by atoms with van der Waals surface area (Å²) in [6.07, 6.45) is 0. The van der Waals surface area contributed by atoms with E-state index < -0.39 is 0 Å². The zero-order valence-corrected chi connectivity index (χ0v) is 30.9. The highest BCUT2D eigenvalue weighted by atomic mass is 16.3. The third kappa shape index (κ3) is 5.94. The Bertz CT molecular complexity index is 3300. The largest absolute Gasteiger partial charge is 0.456 e. The molecule has 0 N–H and O–H groups in total. The highest BCUT2D eigenvalue weighted by Gasteiger charge is 2.17. The number of furan rings is 1. The molecule has 0 saturated heterocycles. The highest BCUT2D eigenvalue weighted by molar-refractivity contribution is 6.06. The van der Waals surface area contributed by atoms with Gasteiger partial charge in [-0.3, -0.25) is 0 Å². The normalized spacial score (nSPS) is 11.5. The molecule has 0 fully saturated rings. The van der Waals surface area contributed by atoms with Crippen LogP contribution < -0.4 is 0 Å². The van der Waals surface area contributed by atoms with E-state index in [0.29, 0.717) is 5.82 Å². The second kappa shape index (κ2) is 13.6. The van der Waals surface area contributed by atoms with Gasteiger partial charge in [-0.2, -0.15) is 0 Å². The molecular weight excluding hydrogens is 693 g/mol. The summed E-state index contributed by atoms with van der Waals surface area (Å²) in [5, 5.41) is 7.04. The number of rotatable bonds is 6. The van der Waals surface area contributed by atoms with Gasteiger partial charge in [-0.25, -0.2) is 9.97 Å². The van der Waals surface area contributed by atoms with Gasteiger partial charge in [-0.15, -0.1) is 0 Å². The van der Waals surface area contributed by atoms with Gasteiger partial charge in [0.1, 0.15) is 11.2 Å². The lowest BCUT2D eigenvalue weighted by atomic mass is 9.91. The fourth-order valence-electron chi connectivity index (χ4n) is 8.24. The van der Waals surface area contributed by atoms with E-state index in [1.54, 1.807) is 0 Å². The molecule has 0 atom stereocenters. The van der Waals surface area contributed by atoms with E-state index in [2.05, 4.69) is 176 Å². The molecule has 0 bridgehead atoms. The van der Waals surface area contributed by atoms with E-state index in [9.17, 15) is 0 Å². The Morgan fingerprint density at radius 1 is 0.281 bits per heavy atom. The van der Waals surface area contributed by atoms with Gasteiger partial charge >= 0.3 is 0 Å². The Morgan fingerprint density at radius 3 is 1.81 bits per heavy atom. The number of hydrogen-bond acceptors (Lipinski definition) is 3. The molecule has 11 rings (SSSR count). The fourth-order valence-corrected chi connectivity index (χ4v) is 8.24. The van der Waals surface area contributed by atoms with Crippen molar-refractivity contribution < 1.29 is 4.42 Å². The maximum atomic E-state index is 6.23. The van der Waals surface area contributed by atoms with Gasteiger partial charge in [0.2, 0.25) is 0 Å². The van der Waals surface area contributed by atoms with Crippen LogP contribution in [0, 0.1) is 0 Å². The molecule has 2 heterocycles. The topological polar surface area (TPSA) is 38.9 Å². The molecule has 0 radical (unpaired) electrons. The summed E-state index contributed by atoms with van der Waals surface area (Å²) in [7, 11) is 0. The maximum absolute atomic E-state index is 6.23. The lowest BCUT2D eigenvalue weighted by molar-refractivity contribution is 0.669. The summed E-state index contributed by atoms with van der Waals surface area (Å²) in [5.41, 5.74) is 13.3. The second-order valence-electron chi connectivity index (χ2n) is 14.6. The van der Waals surface area contributed by atoms with Crippen molar-refractivity contribution in [2.75, 3.05) is 0 Å². The fraction of sp³-hybridized carbons (Fsp3) is 0. The summed E-state index contributed by atoms with van der Waals surface area (Å²) in [6, 6.07) is 73.0. The lowest BCUT2D eigenvalue weighted by Gasteiger charge is -2.15. The zero-order valence-electron chi connectivity index (χ0n) is 30.9. The van der Waals surface area contributed by atoms with E-state index in [1.807, 2.05) is 30.3 Å². The van der Waals surface area contributed by atoms with Crippen molar-refractivity contribution in [3.63, 3.8) is 0 Å². The number of fused-ring (bicyclic) bond motifs is 5. The summed E-state index contributed by atoms with van der Waals surface area (Å²) >= 11 is 0. The Balaban J connectivity index is 1.15. The third-order valence-corrected chi connectivity index (χ3v) is 11.1. The van der Waals surface area contributed by atoms with E-state index in [-0.39, 0.29) is 0 Å². The first kappa shape index (κ1) is 32.8. The van der Waals surface area contributed by atoms with Gasteiger partial charge in [0.05, 0.1) is 11.4 Å². The third-order valence-electron chi connectivity index (χ3n) is 11.1. The van der Waals surface area contributed by atoms with Crippen molar-refractivity contribution in [2.24, 2.45) is 0 Å². The van der Waals surface area contributed by atoms with Crippen LogP contribution >= 0.6 is 0 Å². The van der Waals surface area contributed by atoms with Crippen LogP contribution in [0.5, 0.6) is 0 Å². The zero-order chi connectivity index (χ0) is 37.7. The first-order valence-corrected chi connectivity index (χ1v) is 19.3.